The molecule has 0 atom stereocenters. The molecule has 3 heteroatoms. The lowest BCUT2D eigenvalue weighted by Crippen LogP contribution is -2.11. The zero-order valence-corrected chi connectivity index (χ0v) is 11.0. The maximum absolute atomic E-state index is 4.42. The van der Waals surface area contributed by atoms with Gasteiger partial charge in [-0.25, -0.2) is 0 Å². The van der Waals surface area contributed by atoms with Gasteiger partial charge in [-0.1, -0.05) is 35.9 Å². The molecule has 0 unspecified atom stereocenters. The van der Waals surface area contributed by atoms with Crippen molar-refractivity contribution in [2.45, 2.75) is 13.5 Å². The fourth-order valence-corrected chi connectivity index (χ4v) is 2.18. The van der Waals surface area contributed by atoms with Gasteiger partial charge in [-0.2, -0.15) is 5.10 Å². The van der Waals surface area contributed by atoms with Gasteiger partial charge in [0.1, 0.15) is 0 Å². The molecule has 0 aliphatic heterocycles. The lowest BCUT2D eigenvalue weighted by Gasteiger charge is -2.07. The van der Waals surface area contributed by atoms with Crippen LogP contribution in [0.25, 0.3) is 10.9 Å². The van der Waals surface area contributed by atoms with Gasteiger partial charge in [-0.3, -0.25) is 4.68 Å². The van der Waals surface area contributed by atoms with E-state index < -0.39 is 0 Å². The van der Waals surface area contributed by atoms with Gasteiger partial charge in [0.15, 0.2) is 0 Å². The Balaban J connectivity index is 1.65. The van der Waals surface area contributed by atoms with Crippen LogP contribution in [0.3, 0.4) is 0 Å². The minimum atomic E-state index is 0.862. The smallest absolute Gasteiger partial charge is 0.0683 e. The minimum Gasteiger partial charge on any atom is -0.383 e. The van der Waals surface area contributed by atoms with Crippen LogP contribution < -0.4 is 5.32 Å². The molecule has 0 bridgehead atoms. The monoisotopic (exact) mass is 251 g/mol. The van der Waals surface area contributed by atoms with Crippen LogP contribution in [0, 0.1) is 6.92 Å². The first-order chi connectivity index (χ1) is 9.33. The number of rotatable bonds is 4. The van der Waals surface area contributed by atoms with Gasteiger partial charge in [0.2, 0.25) is 0 Å². The molecule has 0 radical (unpaired) electrons. The summed E-state index contributed by atoms with van der Waals surface area (Å²) in [5.74, 6) is 0. The van der Waals surface area contributed by atoms with E-state index in [1.54, 1.807) is 0 Å². The molecule has 1 heterocycles. The molecule has 0 saturated carbocycles. The third-order valence-corrected chi connectivity index (χ3v) is 3.26. The molecule has 3 aromatic rings. The number of para-hydroxylation sites is 1. The summed E-state index contributed by atoms with van der Waals surface area (Å²) in [6, 6.07) is 16.7. The second-order valence-electron chi connectivity index (χ2n) is 4.72. The van der Waals surface area contributed by atoms with E-state index in [0.29, 0.717) is 0 Å². The zero-order chi connectivity index (χ0) is 13.1. The van der Waals surface area contributed by atoms with Crippen molar-refractivity contribution in [3.8, 4) is 0 Å². The molecule has 1 aromatic heterocycles. The Labute approximate surface area is 112 Å². The van der Waals surface area contributed by atoms with E-state index in [1.807, 2.05) is 23.0 Å². The summed E-state index contributed by atoms with van der Waals surface area (Å²) in [6.07, 6.45) is 1.92. The molecule has 0 spiro atoms. The van der Waals surface area contributed by atoms with Crippen LogP contribution in [-0.2, 0) is 6.54 Å². The molecule has 96 valence electrons. The number of aromatic nitrogens is 2. The van der Waals surface area contributed by atoms with Crippen molar-refractivity contribution < 1.29 is 0 Å². The summed E-state index contributed by atoms with van der Waals surface area (Å²) in [6.45, 7) is 3.83. The van der Waals surface area contributed by atoms with Crippen LogP contribution >= 0.6 is 0 Å². The van der Waals surface area contributed by atoms with Crippen molar-refractivity contribution in [2.24, 2.45) is 0 Å². The number of hydrogen-bond acceptors (Lipinski definition) is 2. The summed E-state index contributed by atoms with van der Waals surface area (Å²) in [5, 5.41) is 9.02. The first kappa shape index (κ1) is 11.8. The highest BCUT2D eigenvalue weighted by molar-refractivity contribution is 5.78. The van der Waals surface area contributed by atoms with Crippen LogP contribution in [0.4, 0.5) is 5.69 Å². The second-order valence-corrected chi connectivity index (χ2v) is 4.72. The molecule has 0 saturated heterocycles. The molecule has 3 nitrogen and oxygen atoms in total. The predicted octanol–water partition coefficient (Wildman–Crippen LogP) is 3.46. The highest BCUT2D eigenvalue weighted by Gasteiger charge is 2.00. The van der Waals surface area contributed by atoms with Crippen LogP contribution in [-0.4, -0.2) is 16.3 Å². The van der Waals surface area contributed by atoms with Crippen molar-refractivity contribution >= 4 is 16.6 Å². The third kappa shape index (κ3) is 2.60. The van der Waals surface area contributed by atoms with E-state index in [4.69, 9.17) is 0 Å². The molecule has 0 amide bonds. The van der Waals surface area contributed by atoms with Gasteiger partial charge < -0.3 is 5.32 Å². The first-order valence-electron chi connectivity index (χ1n) is 6.54. The summed E-state index contributed by atoms with van der Waals surface area (Å²) in [7, 11) is 0. The van der Waals surface area contributed by atoms with Gasteiger partial charge in [-0.15, -0.1) is 0 Å². The third-order valence-electron chi connectivity index (χ3n) is 3.26. The topological polar surface area (TPSA) is 29.9 Å². The Morgan fingerprint density at radius 3 is 2.68 bits per heavy atom. The lowest BCUT2D eigenvalue weighted by atomic mass is 10.2. The van der Waals surface area contributed by atoms with Crippen molar-refractivity contribution in [1.29, 1.82) is 0 Å². The average molecular weight is 251 g/mol. The van der Waals surface area contributed by atoms with Crippen molar-refractivity contribution in [2.75, 3.05) is 11.9 Å². The SMILES string of the molecule is Cc1ccc(NCCn2ncc3ccccc32)cc1. The molecule has 0 aliphatic rings. The maximum atomic E-state index is 4.42. The van der Waals surface area contributed by atoms with Gasteiger partial charge in [0.25, 0.3) is 0 Å². The Kier molecular flexibility index (Phi) is 3.19. The van der Waals surface area contributed by atoms with E-state index in [-0.39, 0.29) is 0 Å². The fraction of sp³-hybridized carbons (Fsp3) is 0.188. The summed E-state index contributed by atoms with van der Waals surface area (Å²) >= 11 is 0. The van der Waals surface area contributed by atoms with Crippen LogP contribution in [0.15, 0.2) is 54.7 Å². The zero-order valence-electron chi connectivity index (χ0n) is 11.0. The van der Waals surface area contributed by atoms with Crippen LogP contribution in [0.2, 0.25) is 0 Å². The first-order valence-corrected chi connectivity index (χ1v) is 6.54. The van der Waals surface area contributed by atoms with E-state index in [0.717, 1.165) is 18.8 Å². The van der Waals surface area contributed by atoms with E-state index >= 15 is 0 Å². The average Bonchev–Trinajstić information content (AvgIpc) is 2.85. The highest BCUT2D eigenvalue weighted by Crippen LogP contribution is 2.13. The number of nitrogens with zero attached hydrogens (tertiary/aromatic N) is 2. The van der Waals surface area contributed by atoms with E-state index in [9.17, 15) is 0 Å². The van der Waals surface area contributed by atoms with Gasteiger partial charge in [0.05, 0.1) is 18.3 Å². The van der Waals surface area contributed by atoms with Gasteiger partial charge in [0, 0.05) is 17.6 Å². The molecule has 0 fully saturated rings. The van der Waals surface area contributed by atoms with E-state index in [1.165, 1.54) is 16.5 Å². The summed E-state index contributed by atoms with van der Waals surface area (Å²) in [4.78, 5) is 0. The number of hydrogen-bond donors (Lipinski definition) is 1. The van der Waals surface area contributed by atoms with Crippen LogP contribution in [0.1, 0.15) is 5.56 Å². The maximum Gasteiger partial charge on any atom is 0.0683 e. The highest BCUT2D eigenvalue weighted by atomic mass is 15.3. The fourth-order valence-electron chi connectivity index (χ4n) is 2.18. The molecular formula is C16H17N3. The Hall–Kier alpha value is -2.29. The van der Waals surface area contributed by atoms with Crippen molar-refractivity contribution in [1.82, 2.24) is 9.78 Å². The molecule has 19 heavy (non-hydrogen) atoms. The van der Waals surface area contributed by atoms with Crippen molar-refractivity contribution in [3.05, 3.63) is 60.3 Å². The van der Waals surface area contributed by atoms with Gasteiger partial charge >= 0.3 is 0 Å². The molecular weight excluding hydrogens is 234 g/mol. The second kappa shape index (κ2) is 5.14. The van der Waals surface area contributed by atoms with Crippen LogP contribution in [0.5, 0.6) is 0 Å². The van der Waals surface area contributed by atoms with Crippen molar-refractivity contribution in [3.63, 3.8) is 0 Å². The quantitative estimate of drug-likeness (QED) is 0.769. The minimum absolute atomic E-state index is 0.862. The molecule has 3 rings (SSSR count). The number of nitrogens with one attached hydrogen (secondary N) is 1. The predicted molar refractivity (Wildman–Crippen MR) is 79.4 cm³/mol. The standard InChI is InChI=1S/C16H17N3/c1-13-6-8-15(9-7-13)17-10-11-19-16-5-3-2-4-14(16)12-18-19/h2-9,12,17H,10-11H2,1H3. The summed E-state index contributed by atoms with van der Waals surface area (Å²) in [5.41, 5.74) is 3.62. The number of fused-ring (bicyclic) bond motifs is 1. The summed E-state index contributed by atoms with van der Waals surface area (Å²) < 4.78 is 2.04. The Morgan fingerprint density at radius 2 is 1.84 bits per heavy atom. The number of benzene rings is 2. The van der Waals surface area contributed by atoms with E-state index in [2.05, 4.69) is 53.7 Å². The largest absolute Gasteiger partial charge is 0.383 e. The lowest BCUT2D eigenvalue weighted by molar-refractivity contribution is 0.660. The normalized spacial score (nSPS) is 10.8. The number of anilines is 1. The molecule has 0 aliphatic carbocycles. The Bertz CT molecular complexity index is 668. The van der Waals surface area contributed by atoms with Gasteiger partial charge in [-0.05, 0) is 25.1 Å². The Morgan fingerprint density at radius 1 is 1.05 bits per heavy atom. The molecule has 1 N–H and O–H groups in total. The number of aryl methyl sites for hydroxylation is 1. The molecule has 2 aromatic carbocycles.